The lowest BCUT2D eigenvalue weighted by Gasteiger charge is -2.24. The Morgan fingerprint density at radius 2 is 2.15 bits per heavy atom. The Morgan fingerprint density at radius 3 is 2.77 bits per heavy atom. The van der Waals surface area contributed by atoms with E-state index in [1.54, 1.807) is 18.2 Å². The molecule has 1 aromatic heterocycles. The first-order valence-corrected chi connectivity index (χ1v) is 5.18. The van der Waals surface area contributed by atoms with Crippen molar-refractivity contribution in [2.45, 2.75) is 11.8 Å². The van der Waals surface area contributed by atoms with E-state index in [4.69, 9.17) is 9.15 Å². The van der Waals surface area contributed by atoms with E-state index in [0.29, 0.717) is 0 Å². The second-order valence-corrected chi connectivity index (χ2v) is 4.11. The Hall–Kier alpha value is -0.450. The van der Waals surface area contributed by atoms with Gasteiger partial charge >= 0.3 is 0 Å². The number of furan rings is 1. The fourth-order valence-corrected chi connectivity index (χ4v) is 2.15. The maximum Gasteiger partial charge on any atom is 0.115 e. The van der Waals surface area contributed by atoms with Crippen LogP contribution in [0.15, 0.2) is 21.6 Å². The summed E-state index contributed by atoms with van der Waals surface area (Å²) < 4.78 is 12.8. The molecule has 0 N–H and O–H groups in total. The van der Waals surface area contributed by atoms with Gasteiger partial charge in [-0.15, -0.1) is 0 Å². The van der Waals surface area contributed by atoms with Crippen molar-refractivity contribution >= 4 is 11.9 Å². The highest BCUT2D eigenvalue weighted by Gasteiger charge is 2.13. The van der Waals surface area contributed by atoms with Gasteiger partial charge in [0.05, 0.1) is 24.4 Å². The summed E-state index contributed by atoms with van der Waals surface area (Å²) in [5.41, 5.74) is 0. The fourth-order valence-electron chi connectivity index (χ4n) is 1.24. The maximum absolute atomic E-state index is 5.27. The topological polar surface area (TPSA) is 25.6 Å². The molecule has 0 spiro atoms. The molecule has 4 heteroatoms. The molecule has 0 saturated carbocycles. The summed E-state index contributed by atoms with van der Waals surface area (Å²) in [5, 5.41) is 0. The normalized spacial score (nSPS) is 19.2. The van der Waals surface area contributed by atoms with Crippen LogP contribution >= 0.6 is 11.9 Å². The van der Waals surface area contributed by atoms with E-state index in [2.05, 4.69) is 4.31 Å². The van der Waals surface area contributed by atoms with Crippen molar-refractivity contribution in [1.82, 2.24) is 4.31 Å². The lowest BCUT2D eigenvalue weighted by atomic mass is 10.5. The molecule has 1 fully saturated rings. The number of rotatable bonds is 2. The van der Waals surface area contributed by atoms with E-state index in [9.17, 15) is 0 Å². The van der Waals surface area contributed by atoms with Gasteiger partial charge in [-0.05, 0) is 24.9 Å². The Bertz CT molecular complexity index is 268. The molecule has 0 amide bonds. The average Bonchev–Trinajstić information content (AvgIpc) is 2.54. The summed E-state index contributed by atoms with van der Waals surface area (Å²) in [6, 6.07) is 2.01. The van der Waals surface area contributed by atoms with Gasteiger partial charge in [-0.1, -0.05) is 0 Å². The number of morpholine rings is 1. The molecular formula is C9H13NO2S. The van der Waals surface area contributed by atoms with E-state index in [1.165, 1.54) is 4.90 Å². The van der Waals surface area contributed by atoms with Crippen molar-refractivity contribution < 1.29 is 9.15 Å². The monoisotopic (exact) mass is 199 g/mol. The van der Waals surface area contributed by atoms with Crippen LogP contribution in [0.25, 0.3) is 0 Å². The van der Waals surface area contributed by atoms with Gasteiger partial charge in [0.1, 0.15) is 5.76 Å². The minimum Gasteiger partial charge on any atom is -0.468 e. The first-order chi connectivity index (χ1) is 6.36. The fraction of sp³-hybridized carbons (Fsp3) is 0.556. The molecule has 0 atom stereocenters. The molecule has 0 aliphatic carbocycles. The van der Waals surface area contributed by atoms with Crippen LogP contribution in [0.2, 0.25) is 0 Å². The van der Waals surface area contributed by atoms with Crippen LogP contribution in [0.3, 0.4) is 0 Å². The smallest absolute Gasteiger partial charge is 0.115 e. The van der Waals surface area contributed by atoms with Crippen molar-refractivity contribution in [2.75, 3.05) is 26.3 Å². The number of ether oxygens (including phenoxy) is 1. The predicted molar refractivity (Wildman–Crippen MR) is 51.7 cm³/mol. The van der Waals surface area contributed by atoms with Crippen LogP contribution in [0.4, 0.5) is 0 Å². The van der Waals surface area contributed by atoms with Crippen molar-refractivity contribution in [3.8, 4) is 0 Å². The third kappa shape index (κ3) is 2.27. The molecular weight excluding hydrogens is 186 g/mol. The molecule has 0 unspecified atom stereocenters. The SMILES string of the molecule is Cc1occc1SN1CCOCC1. The van der Waals surface area contributed by atoms with Gasteiger partial charge in [0.2, 0.25) is 0 Å². The number of nitrogens with zero attached hydrogens (tertiary/aromatic N) is 1. The molecule has 1 aliphatic heterocycles. The molecule has 72 valence electrons. The van der Waals surface area contributed by atoms with E-state index < -0.39 is 0 Å². The molecule has 3 nitrogen and oxygen atoms in total. The molecule has 1 aliphatic rings. The van der Waals surface area contributed by atoms with Gasteiger partial charge < -0.3 is 9.15 Å². The van der Waals surface area contributed by atoms with Crippen LogP contribution in [0, 0.1) is 6.92 Å². The van der Waals surface area contributed by atoms with Crippen molar-refractivity contribution in [1.29, 1.82) is 0 Å². The first-order valence-electron chi connectivity index (χ1n) is 4.41. The molecule has 2 heterocycles. The highest BCUT2D eigenvalue weighted by atomic mass is 32.2. The third-order valence-electron chi connectivity index (χ3n) is 2.01. The Balaban J connectivity index is 1.93. The Morgan fingerprint density at radius 1 is 1.38 bits per heavy atom. The third-order valence-corrected chi connectivity index (χ3v) is 3.25. The predicted octanol–water partition coefficient (Wildman–Crippen LogP) is 1.93. The van der Waals surface area contributed by atoms with Crippen LogP contribution in [-0.2, 0) is 4.74 Å². The van der Waals surface area contributed by atoms with Gasteiger partial charge in [-0.25, -0.2) is 4.31 Å². The molecule has 0 bridgehead atoms. The molecule has 1 aromatic rings. The van der Waals surface area contributed by atoms with Gasteiger partial charge in [0.25, 0.3) is 0 Å². The van der Waals surface area contributed by atoms with Crippen molar-refractivity contribution in [3.63, 3.8) is 0 Å². The quantitative estimate of drug-likeness (QED) is 0.680. The first kappa shape index (κ1) is 9.12. The highest BCUT2D eigenvalue weighted by molar-refractivity contribution is 7.97. The summed E-state index contributed by atoms with van der Waals surface area (Å²) in [6.45, 7) is 5.65. The summed E-state index contributed by atoms with van der Waals surface area (Å²) in [7, 11) is 0. The zero-order valence-electron chi connectivity index (χ0n) is 7.66. The van der Waals surface area contributed by atoms with E-state index in [1.807, 2.05) is 13.0 Å². The zero-order chi connectivity index (χ0) is 9.10. The summed E-state index contributed by atoms with van der Waals surface area (Å²) in [6.07, 6.45) is 1.73. The van der Waals surface area contributed by atoms with Crippen molar-refractivity contribution in [3.05, 3.63) is 18.1 Å². The Labute approximate surface area is 82.2 Å². The largest absolute Gasteiger partial charge is 0.468 e. The van der Waals surface area contributed by atoms with E-state index in [0.717, 1.165) is 32.1 Å². The van der Waals surface area contributed by atoms with Crippen LogP contribution in [0.1, 0.15) is 5.76 Å². The van der Waals surface area contributed by atoms with Crippen LogP contribution in [0.5, 0.6) is 0 Å². The number of hydrogen-bond donors (Lipinski definition) is 0. The highest BCUT2D eigenvalue weighted by Crippen LogP contribution is 2.26. The van der Waals surface area contributed by atoms with Gasteiger partial charge in [-0.2, -0.15) is 0 Å². The second-order valence-electron chi connectivity index (χ2n) is 2.97. The van der Waals surface area contributed by atoms with Gasteiger partial charge in [0.15, 0.2) is 0 Å². The Kier molecular flexibility index (Phi) is 2.93. The summed E-state index contributed by atoms with van der Waals surface area (Å²) in [4.78, 5) is 1.21. The van der Waals surface area contributed by atoms with Gasteiger partial charge in [0, 0.05) is 13.1 Å². The zero-order valence-corrected chi connectivity index (χ0v) is 8.47. The minimum absolute atomic E-state index is 0.837. The second kappa shape index (κ2) is 4.17. The maximum atomic E-state index is 5.27. The molecule has 0 aromatic carbocycles. The number of hydrogen-bond acceptors (Lipinski definition) is 4. The van der Waals surface area contributed by atoms with E-state index in [-0.39, 0.29) is 0 Å². The molecule has 1 saturated heterocycles. The minimum atomic E-state index is 0.837. The van der Waals surface area contributed by atoms with Crippen LogP contribution in [-0.4, -0.2) is 30.6 Å². The van der Waals surface area contributed by atoms with Crippen molar-refractivity contribution in [2.24, 2.45) is 0 Å². The summed E-state index contributed by atoms with van der Waals surface area (Å²) in [5.74, 6) is 0.997. The standard InChI is InChI=1S/C9H13NO2S/c1-8-9(2-5-12-8)13-10-3-6-11-7-4-10/h2,5H,3-4,6-7H2,1H3. The van der Waals surface area contributed by atoms with Crippen LogP contribution < -0.4 is 0 Å². The lowest BCUT2D eigenvalue weighted by Crippen LogP contribution is -2.30. The molecule has 13 heavy (non-hydrogen) atoms. The van der Waals surface area contributed by atoms with Gasteiger partial charge in [-0.3, -0.25) is 0 Å². The lowest BCUT2D eigenvalue weighted by molar-refractivity contribution is 0.0773. The molecule has 2 rings (SSSR count). The molecule has 0 radical (unpaired) electrons. The summed E-state index contributed by atoms with van der Waals surface area (Å²) >= 11 is 1.76. The van der Waals surface area contributed by atoms with E-state index >= 15 is 0 Å². The average molecular weight is 199 g/mol. The number of aryl methyl sites for hydroxylation is 1.